The summed E-state index contributed by atoms with van der Waals surface area (Å²) >= 11 is 0. The molecule has 136 valence electrons. The lowest BCUT2D eigenvalue weighted by atomic mass is 10.0. The van der Waals surface area contributed by atoms with E-state index in [1.807, 2.05) is 0 Å². The second-order valence-corrected chi connectivity index (χ2v) is 7.68. The number of aliphatic carboxylic acids is 1. The van der Waals surface area contributed by atoms with Gasteiger partial charge in [0, 0.05) is 6.42 Å². The molecule has 2 heteroatoms. The molecule has 0 unspecified atom stereocenters. The standard InChI is InChI=1S/C21H40O2/c22-21(23)17-15-13-11-9-7-5-3-1-2-4-6-8-10-12-14-16-20-18-19-20/h20H,1-19H2,(H,22,23). The molecule has 0 aromatic carbocycles. The van der Waals surface area contributed by atoms with Gasteiger partial charge in [0.05, 0.1) is 0 Å². The van der Waals surface area contributed by atoms with E-state index in [1.54, 1.807) is 0 Å². The summed E-state index contributed by atoms with van der Waals surface area (Å²) in [5.74, 6) is 0.475. The van der Waals surface area contributed by atoms with Gasteiger partial charge in [0.1, 0.15) is 0 Å². The number of carboxylic acids is 1. The highest BCUT2D eigenvalue weighted by molar-refractivity contribution is 5.66. The average molecular weight is 325 g/mol. The van der Waals surface area contributed by atoms with Crippen LogP contribution in [0.25, 0.3) is 0 Å². The molecule has 0 spiro atoms. The summed E-state index contributed by atoms with van der Waals surface area (Å²) in [7, 11) is 0. The van der Waals surface area contributed by atoms with Gasteiger partial charge in [0.15, 0.2) is 0 Å². The maximum absolute atomic E-state index is 10.4. The number of unbranched alkanes of at least 4 members (excludes halogenated alkanes) is 14. The molecule has 0 heterocycles. The molecule has 0 radical (unpaired) electrons. The predicted octanol–water partition coefficient (Wildman–Crippen LogP) is 7.11. The van der Waals surface area contributed by atoms with Crippen molar-refractivity contribution >= 4 is 5.97 Å². The fourth-order valence-corrected chi connectivity index (χ4v) is 3.41. The van der Waals surface area contributed by atoms with E-state index in [9.17, 15) is 4.79 Å². The minimum atomic E-state index is -0.650. The van der Waals surface area contributed by atoms with Crippen LogP contribution in [0, 0.1) is 5.92 Å². The molecule has 1 saturated carbocycles. The van der Waals surface area contributed by atoms with Crippen molar-refractivity contribution in [1.82, 2.24) is 0 Å². The third-order valence-electron chi connectivity index (χ3n) is 5.20. The Bertz CT molecular complexity index is 271. The molecule has 0 amide bonds. The maximum Gasteiger partial charge on any atom is 0.303 e. The van der Waals surface area contributed by atoms with Gasteiger partial charge in [-0.15, -0.1) is 0 Å². The van der Waals surface area contributed by atoms with Crippen LogP contribution in [-0.4, -0.2) is 11.1 Å². The van der Waals surface area contributed by atoms with E-state index in [-0.39, 0.29) is 0 Å². The molecule has 1 fully saturated rings. The lowest BCUT2D eigenvalue weighted by Crippen LogP contribution is -1.93. The fourth-order valence-electron chi connectivity index (χ4n) is 3.41. The zero-order valence-electron chi connectivity index (χ0n) is 15.4. The van der Waals surface area contributed by atoms with Crippen molar-refractivity contribution in [2.45, 2.75) is 122 Å². The van der Waals surface area contributed by atoms with Crippen molar-refractivity contribution in [3.8, 4) is 0 Å². The Labute approximate surface area is 144 Å². The molecule has 23 heavy (non-hydrogen) atoms. The molecule has 1 N–H and O–H groups in total. The highest BCUT2D eigenvalue weighted by Gasteiger charge is 2.19. The highest BCUT2D eigenvalue weighted by atomic mass is 16.4. The first-order chi connectivity index (χ1) is 11.3. The molecule has 0 saturated heterocycles. The predicted molar refractivity (Wildman–Crippen MR) is 98.8 cm³/mol. The summed E-state index contributed by atoms with van der Waals surface area (Å²) in [6, 6.07) is 0. The summed E-state index contributed by atoms with van der Waals surface area (Å²) in [6.45, 7) is 0. The van der Waals surface area contributed by atoms with Gasteiger partial charge in [0.2, 0.25) is 0 Å². The second-order valence-electron chi connectivity index (χ2n) is 7.68. The molecule has 0 aromatic rings. The first-order valence-electron chi connectivity index (χ1n) is 10.5. The Balaban J connectivity index is 1.61. The molecule has 1 rings (SSSR count). The van der Waals surface area contributed by atoms with E-state index in [4.69, 9.17) is 5.11 Å². The van der Waals surface area contributed by atoms with Crippen LogP contribution in [0.4, 0.5) is 0 Å². The quantitative estimate of drug-likeness (QED) is 0.273. The van der Waals surface area contributed by atoms with Crippen LogP contribution >= 0.6 is 0 Å². The molecular weight excluding hydrogens is 284 g/mol. The fraction of sp³-hybridized carbons (Fsp3) is 0.952. The van der Waals surface area contributed by atoms with Gasteiger partial charge in [-0.25, -0.2) is 0 Å². The van der Waals surface area contributed by atoms with E-state index in [0.717, 1.165) is 18.8 Å². The summed E-state index contributed by atoms with van der Waals surface area (Å²) < 4.78 is 0. The van der Waals surface area contributed by atoms with E-state index in [1.165, 1.54) is 103 Å². The third-order valence-corrected chi connectivity index (χ3v) is 5.20. The minimum Gasteiger partial charge on any atom is -0.481 e. The van der Waals surface area contributed by atoms with Gasteiger partial charge >= 0.3 is 5.97 Å². The molecule has 0 aromatic heterocycles. The number of hydrogen-bond donors (Lipinski definition) is 1. The van der Waals surface area contributed by atoms with Crippen LogP contribution in [0.15, 0.2) is 0 Å². The van der Waals surface area contributed by atoms with Crippen molar-refractivity contribution in [3.05, 3.63) is 0 Å². The van der Waals surface area contributed by atoms with Crippen molar-refractivity contribution < 1.29 is 9.90 Å². The number of rotatable bonds is 18. The van der Waals surface area contributed by atoms with E-state index >= 15 is 0 Å². The topological polar surface area (TPSA) is 37.3 Å². The number of hydrogen-bond acceptors (Lipinski definition) is 1. The van der Waals surface area contributed by atoms with Crippen LogP contribution in [0.2, 0.25) is 0 Å². The van der Waals surface area contributed by atoms with Gasteiger partial charge in [-0.1, -0.05) is 109 Å². The van der Waals surface area contributed by atoms with E-state index in [2.05, 4.69) is 0 Å². The lowest BCUT2D eigenvalue weighted by molar-refractivity contribution is -0.137. The zero-order chi connectivity index (χ0) is 16.6. The van der Waals surface area contributed by atoms with E-state index < -0.39 is 5.97 Å². The average Bonchev–Trinajstić information content (AvgIpc) is 3.34. The van der Waals surface area contributed by atoms with Crippen LogP contribution in [0.1, 0.15) is 122 Å². The largest absolute Gasteiger partial charge is 0.481 e. The SMILES string of the molecule is O=C(O)CCCCCCCCCCCCCCCCCC1CC1. The zero-order valence-corrected chi connectivity index (χ0v) is 15.4. The van der Waals surface area contributed by atoms with Crippen molar-refractivity contribution in [3.63, 3.8) is 0 Å². The van der Waals surface area contributed by atoms with Crippen LogP contribution in [0.3, 0.4) is 0 Å². The molecular formula is C21H40O2. The normalized spacial score (nSPS) is 14.3. The van der Waals surface area contributed by atoms with Gasteiger partial charge in [-0.05, 0) is 12.3 Å². The molecule has 0 atom stereocenters. The summed E-state index contributed by atoms with van der Waals surface area (Å²) in [5.41, 5.74) is 0. The van der Waals surface area contributed by atoms with Crippen molar-refractivity contribution in [2.75, 3.05) is 0 Å². The Morgan fingerprint density at radius 1 is 0.609 bits per heavy atom. The van der Waals surface area contributed by atoms with Crippen LogP contribution in [0.5, 0.6) is 0 Å². The molecule has 1 aliphatic carbocycles. The maximum atomic E-state index is 10.4. The Morgan fingerprint density at radius 2 is 0.957 bits per heavy atom. The van der Waals surface area contributed by atoms with Crippen LogP contribution in [-0.2, 0) is 4.79 Å². The summed E-state index contributed by atoms with van der Waals surface area (Å²) in [4.78, 5) is 10.4. The molecule has 2 nitrogen and oxygen atoms in total. The van der Waals surface area contributed by atoms with Crippen molar-refractivity contribution in [1.29, 1.82) is 0 Å². The van der Waals surface area contributed by atoms with Gasteiger partial charge in [0.25, 0.3) is 0 Å². The highest BCUT2D eigenvalue weighted by Crippen LogP contribution is 2.34. The third kappa shape index (κ3) is 16.1. The Kier molecular flexibility index (Phi) is 13.4. The Hall–Kier alpha value is -0.530. The lowest BCUT2D eigenvalue weighted by Gasteiger charge is -2.03. The molecule has 0 aliphatic heterocycles. The van der Waals surface area contributed by atoms with Gasteiger partial charge in [-0.3, -0.25) is 4.79 Å². The number of carbonyl (C=O) groups is 1. The Morgan fingerprint density at radius 3 is 1.30 bits per heavy atom. The molecule has 1 aliphatic rings. The minimum absolute atomic E-state index is 0.348. The van der Waals surface area contributed by atoms with E-state index in [0.29, 0.717) is 6.42 Å². The van der Waals surface area contributed by atoms with Gasteiger partial charge < -0.3 is 5.11 Å². The first-order valence-corrected chi connectivity index (χ1v) is 10.5. The smallest absolute Gasteiger partial charge is 0.303 e. The second kappa shape index (κ2) is 15.0. The van der Waals surface area contributed by atoms with Crippen molar-refractivity contribution in [2.24, 2.45) is 5.92 Å². The van der Waals surface area contributed by atoms with Crippen LogP contribution < -0.4 is 0 Å². The summed E-state index contributed by atoms with van der Waals surface area (Å²) in [6.07, 6.45) is 25.1. The first kappa shape index (κ1) is 20.5. The monoisotopic (exact) mass is 324 g/mol. The van der Waals surface area contributed by atoms with Gasteiger partial charge in [-0.2, -0.15) is 0 Å². The number of carboxylic acid groups (broad SMARTS) is 1. The molecule has 0 bridgehead atoms. The summed E-state index contributed by atoms with van der Waals surface area (Å²) in [5, 5.41) is 8.55.